The van der Waals surface area contributed by atoms with Gasteiger partial charge in [-0.15, -0.1) is 0 Å². The predicted octanol–water partition coefficient (Wildman–Crippen LogP) is 5.91. The topological polar surface area (TPSA) is 79.3 Å². The highest BCUT2D eigenvalue weighted by molar-refractivity contribution is 6.30. The lowest BCUT2D eigenvalue weighted by molar-refractivity contribution is 0.0230. The predicted molar refractivity (Wildman–Crippen MR) is 143 cm³/mol. The van der Waals surface area contributed by atoms with Crippen molar-refractivity contribution in [3.8, 4) is 5.75 Å². The van der Waals surface area contributed by atoms with Crippen LogP contribution in [0, 0.1) is 0 Å². The van der Waals surface area contributed by atoms with E-state index in [1.54, 1.807) is 18.2 Å². The molecule has 1 fully saturated rings. The first-order valence-corrected chi connectivity index (χ1v) is 13.5. The van der Waals surface area contributed by atoms with E-state index in [4.69, 9.17) is 21.1 Å². The maximum atomic E-state index is 13.0. The Hall–Kier alpha value is -2.93. The van der Waals surface area contributed by atoms with E-state index >= 15 is 0 Å². The van der Waals surface area contributed by atoms with E-state index in [2.05, 4.69) is 17.0 Å². The number of nitrogens with zero attached hydrogens (tertiary/aromatic N) is 2. The second kappa shape index (κ2) is 9.75. The van der Waals surface area contributed by atoms with Crippen molar-refractivity contribution in [3.05, 3.63) is 58.1 Å². The molecule has 1 spiro atoms. The van der Waals surface area contributed by atoms with Crippen LogP contribution >= 0.6 is 11.6 Å². The summed E-state index contributed by atoms with van der Waals surface area (Å²) in [4.78, 5) is 29.0. The van der Waals surface area contributed by atoms with Gasteiger partial charge in [-0.3, -0.25) is 0 Å². The van der Waals surface area contributed by atoms with Gasteiger partial charge in [-0.1, -0.05) is 17.7 Å². The van der Waals surface area contributed by atoms with E-state index in [1.807, 2.05) is 31.7 Å². The average Bonchev–Trinajstić information content (AvgIpc) is 3.23. The van der Waals surface area contributed by atoms with Crippen LogP contribution in [-0.4, -0.2) is 60.0 Å². The van der Waals surface area contributed by atoms with Gasteiger partial charge in [0.15, 0.2) is 0 Å². The molecule has 1 amide bonds. The lowest BCUT2D eigenvalue weighted by atomic mass is 9.70. The maximum absolute atomic E-state index is 13.0. The van der Waals surface area contributed by atoms with Crippen molar-refractivity contribution in [2.75, 3.05) is 31.1 Å². The fraction of sp³-hybridized carbons (Fsp3) is 0.517. The Kier molecular flexibility index (Phi) is 6.77. The zero-order valence-corrected chi connectivity index (χ0v) is 22.5. The Balaban J connectivity index is 1.52. The van der Waals surface area contributed by atoms with Crippen LogP contribution in [0.1, 0.15) is 67.9 Å². The smallest absolute Gasteiger partial charge is 0.410 e. The molecule has 3 aliphatic rings. The van der Waals surface area contributed by atoms with Gasteiger partial charge in [0.05, 0.1) is 23.9 Å². The molecular weight excluding hydrogens is 492 g/mol. The van der Waals surface area contributed by atoms with Crippen LogP contribution in [0.3, 0.4) is 0 Å². The molecule has 198 valence electrons. The van der Waals surface area contributed by atoms with Crippen molar-refractivity contribution in [1.82, 2.24) is 4.90 Å². The van der Waals surface area contributed by atoms with Gasteiger partial charge in [-0.05, 0) is 94.3 Å². The molecule has 0 bridgehead atoms. The molecule has 2 aromatic carbocycles. The number of carbonyl (C=O) groups excluding carboxylic acids is 1. The number of aryl methyl sites for hydroxylation is 1. The first-order valence-electron chi connectivity index (χ1n) is 13.1. The third-order valence-corrected chi connectivity index (χ3v) is 7.96. The Bertz CT molecular complexity index is 1210. The quantitative estimate of drug-likeness (QED) is 0.535. The molecule has 7 nitrogen and oxygen atoms in total. The van der Waals surface area contributed by atoms with Gasteiger partial charge >= 0.3 is 12.1 Å². The number of benzene rings is 2. The second-order valence-corrected chi connectivity index (χ2v) is 12.0. The summed E-state index contributed by atoms with van der Waals surface area (Å²) in [7, 11) is 0. The molecule has 0 radical (unpaired) electrons. The molecule has 1 aliphatic carbocycles. The summed E-state index contributed by atoms with van der Waals surface area (Å²) < 4.78 is 12.1. The van der Waals surface area contributed by atoms with Crippen LogP contribution < -0.4 is 9.64 Å². The highest BCUT2D eigenvalue weighted by Gasteiger charge is 2.43. The minimum atomic E-state index is -0.976. The van der Waals surface area contributed by atoms with E-state index in [0.29, 0.717) is 32.0 Å². The molecule has 1 N–H and O–H groups in total. The summed E-state index contributed by atoms with van der Waals surface area (Å²) in [6.45, 7) is 8.02. The van der Waals surface area contributed by atoms with E-state index in [0.717, 1.165) is 42.8 Å². The number of carboxylic acid groups (broad SMARTS) is 1. The molecule has 2 heterocycles. The molecule has 0 unspecified atom stereocenters. The Morgan fingerprint density at radius 2 is 2.00 bits per heavy atom. The molecule has 0 aromatic heterocycles. The standard InChI is InChI=1S/C29H35ClN2O5/c1-28(2,3)37-27(35)32-13-5-7-22(32)16-31-17-29(12-4-6-19-14-21(30)9-10-23(19)29)18-36-25-11-8-20(26(33)34)15-24(25)31/h8-11,14-15,22H,4-7,12-13,16-18H2,1-3H3,(H,33,34)/t22-,29-/m0/s1. The highest BCUT2D eigenvalue weighted by Crippen LogP contribution is 2.45. The lowest BCUT2D eigenvalue weighted by Gasteiger charge is -2.42. The van der Waals surface area contributed by atoms with Crippen LogP contribution in [0.5, 0.6) is 5.75 Å². The number of likely N-dealkylation sites (tertiary alicyclic amines) is 1. The number of hydrogen-bond donors (Lipinski definition) is 1. The molecule has 0 saturated carbocycles. The van der Waals surface area contributed by atoms with Crippen molar-refractivity contribution in [2.45, 2.75) is 69.9 Å². The number of hydrogen-bond acceptors (Lipinski definition) is 5. The molecular formula is C29H35ClN2O5. The van der Waals surface area contributed by atoms with Crippen LogP contribution in [0.25, 0.3) is 0 Å². The number of halogens is 1. The van der Waals surface area contributed by atoms with E-state index in [-0.39, 0.29) is 23.1 Å². The number of ether oxygens (including phenoxy) is 2. The summed E-state index contributed by atoms with van der Waals surface area (Å²) >= 11 is 6.34. The molecule has 2 atom stereocenters. The SMILES string of the molecule is CC(C)(C)OC(=O)N1CCC[C@H]1CN1C[C@@]2(CCCc3cc(Cl)ccc32)COc2ccc(C(=O)O)cc21. The first kappa shape index (κ1) is 25.7. The van der Waals surface area contributed by atoms with Crippen molar-refractivity contribution < 1.29 is 24.2 Å². The van der Waals surface area contributed by atoms with Gasteiger partial charge < -0.3 is 24.4 Å². The van der Waals surface area contributed by atoms with Crippen LogP contribution in [0.2, 0.25) is 5.02 Å². The van der Waals surface area contributed by atoms with Gasteiger partial charge in [0, 0.05) is 30.1 Å². The molecule has 1 saturated heterocycles. The van der Waals surface area contributed by atoms with E-state index in [9.17, 15) is 14.7 Å². The fourth-order valence-corrected chi connectivity index (χ4v) is 6.28. The molecule has 2 aromatic rings. The van der Waals surface area contributed by atoms with Gasteiger partial charge in [0.2, 0.25) is 0 Å². The third-order valence-electron chi connectivity index (χ3n) is 7.72. The summed E-state index contributed by atoms with van der Waals surface area (Å²) in [5, 5.41) is 10.4. The van der Waals surface area contributed by atoms with Gasteiger partial charge in [0.25, 0.3) is 0 Å². The van der Waals surface area contributed by atoms with Gasteiger partial charge in [0.1, 0.15) is 11.4 Å². The zero-order valence-electron chi connectivity index (χ0n) is 21.8. The highest BCUT2D eigenvalue weighted by atomic mass is 35.5. The third kappa shape index (κ3) is 5.24. The molecule has 37 heavy (non-hydrogen) atoms. The Labute approximate surface area is 223 Å². The minimum absolute atomic E-state index is 0.0420. The summed E-state index contributed by atoms with van der Waals surface area (Å²) in [5.41, 5.74) is 2.63. The Morgan fingerprint density at radius 1 is 1.19 bits per heavy atom. The molecule has 2 aliphatic heterocycles. The van der Waals surface area contributed by atoms with Crippen molar-refractivity contribution >= 4 is 29.4 Å². The number of rotatable bonds is 3. The second-order valence-electron chi connectivity index (χ2n) is 11.6. The number of anilines is 1. The lowest BCUT2D eigenvalue weighted by Crippen LogP contribution is -2.50. The Morgan fingerprint density at radius 3 is 2.76 bits per heavy atom. The number of carbonyl (C=O) groups is 2. The average molecular weight is 527 g/mol. The monoisotopic (exact) mass is 526 g/mol. The fourth-order valence-electron chi connectivity index (χ4n) is 6.09. The van der Waals surface area contributed by atoms with Crippen molar-refractivity contribution in [3.63, 3.8) is 0 Å². The largest absolute Gasteiger partial charge is 0.490 e. The molecule has 5 rings (SSSR count). The first-order chi connectivity index (χ1) is 17.5. The maximum Gasteiger partial charge on any atom is 0.410 e. The van der Waals surface area contributed by atoms with Crippen molar-refractivity contribution in [1.29, 1.82) is 0 Å². The van der Waals surface area contributed by atoms with E-state index in [1.165, 1.54) is 11.1 Å². The van der Waals surface area contributed by atoms with Crippen LogP contribution in [0.4, 0.5) is 10.5 Å². The van der Waals surface area contributed by atoms with Crippen molar-refractivity contribution in [2.24, 2.45) is 0 Å². The molecule has 8 heteroatoms. The van der Waals surface area contributed by atoms with E-state index < -0.39 is 11.6 Å². The van der Waals surface area contributed by atoms with Crippen LogP contribution in [-0.2, 0) is 16.6 Å². The zero-order chi connectivity index (χ0) is 26.4. The van der Waals surface area contributed by atoms with Gasteiger partial charge in [-0.25, -0.2) is 9.59 Å². The number of fused-ring (bicyclic) bond motifs is 3. The van der Waals surface area contributed by atoms with Crippen LogP contribution in [0.15, 0.2) is 36.4 Å². The van der Waals surface area contributed by atoms with Gasteiger partial charge in [-0.2, -0.15) is 0 Å². The number of amides is 1. The normalized spacial score (nSPS) is 23.2. The summed E-state index contributed by atoms with van der Waals surface area (Å²) in [5.74, 6) is -0.305. The summed E-state index contributed by atoms with van der Waals surface area (Å²) in [6, 6.07) is 11.1. The number of aromatic carboxylic acids is 1. The minimum Gasteiger partial charge on any atom is -0.490 e. The number of carboxylic acids is 1. The summed E-state index contributed by atoms with van der Waals surface area (Å²) in [6.07, 6.45) is 4.43.